The molecule has 4 aromatic carbocycles. The zero-order valence-electron chi connectivity index (χ0n) is 27.4. The van der Waals surface area contributed by atoms with Gasteiger partial charge in [0.15, 0.2) is 0 Å². The maximum Gasteiger partial charge on any atom is 0.295 e. The van der Waals surface area contributed by atoms with Crippen molar-refractivity contribution < 1.29 is 35.5 Å². The van der Waals surface area contributed by atoms with Crippen LogP contribution < -0.4 is 10.6 Å². The lowest BCUT2D eigenvalue weighted by Crippen LogP contribution is -2.15. The van der Waals surface area contributed by atoms with Gasteiger partial charge in [-0.3, -0.25) is 18.7 Å². The van der Waals surface area contributed by atoms with E-state index in [4.69, 9.17) is 0 Å². The molecule has 276 valence electrons. The molecule has 2 aromatic heterocycles. The number of anilines is 2. The first-order valence-electron chi connectivity index (χ1n) is 15.3. The van der Waals surface area contributed by atoms with Crippen molar-refractivity contribution in [2.75, 3.05) is 22.1 Å². The van der Waals surface area contributed by atoms with E-state index < -0.39 is 41.8 Å². The largest absolute Gasteiger partial charge is 0.325 e. The van der Waals surface area contributed by atoms with Crippen LogP contribution in [0.4, 0.5) is 11.4 Å². The third-order valence-corrected chi connectivity index (χ3v) is 10.8. The monoisotopic (exact) mass is 806 g/mol. The molecule has 6 aromatic rings. The summed E-state index contributed by atoms with van der Waals surface area (Å²) in [6.07, 6.45) is 2.40. The van der Waals surface area contributed by atoms with Gasteiger partial charge in [0.2, 0.25) is 22.1 Å². The lowest BCUT2D eigenvalue weighted by Gasteiger charge is -2.10. The van der Waals surface area contributed by atoms with E-state index in [0.29, 0.717) is 21.7 Å². The number of aromatic nitrogens is 8. The number of benzene rings is 4. The first-order valence-corrected chi connectivity index (χ1v) is 20.1. The van der Waals surface area contributed by atoms with Gasteiger partial charge in [0.25, 0.3) is 20.2 Å². The molecule has 18 nitrogen and oxygen atoms in total. The third kappa shape index (κ3) is 9.60. The maximum atomic E-state index is 12.7. The number of hydrogen-bond acceptors (Lipinski definition) is 14. The van der Waals surface area contributed by atoms with Gasteiger partial charge < -0.3 is 10.6 Å². The predicted octanol–water partition coefficient (Wildman–Crippen LogP) is 3.76. The minimum absolute atomic E-state index is 0.0430. The number of rotatable bonds is 14. The van der Waals surface area contributed by atoms with Crippen LogP contribution >= 0.6 is 23.5 Å². The zero-order valence-corrected chi connectivity index (χ0v) is 30.6. The van der Waals surface area contributed by atoms with Gasteiger partial charge in [-0.15, -0.1) is 10.2 Å². The summed E-state index contributed by atoms with van der Waals surface area (Å²) in [5.41, 5.74) is 1.32. The highest BCUT2D eigenvalue weighted by molar-refractivity contribution is 8.00. The molecule has 0 fully saturated rings. The van der Waals surface area contributed by atoms with Gasteiger partial charge in [-0.2, -0.15) is 26.2 Å². The molecular formula is C32H26N10O8S4. The quantitative estimate of drug-likeness (QED) is 0.0694. The fourth-order valence-corrected chi connectivity index (χ4v) is 7.58. The molecule has 54 heavy (non-hydrogen) atoms. The normalized spacial score (nSPS) is 11.8. The van der Waals surface area contributed by atoms with Gasteiger partial charge >= 0.3 is 0 Å². The molecule has 0 saturated carbocycles. The molecular weight excluding hydrogens is 781 g/mol. The molecule has 0 radical (unpaired) electrons. The standard InChI is InChI=1S/C32H26N10O8S4/c43-29(19-51-31-35-37-39-41(31)25-7-3-1-4-8-25)33-23-15-13-21(27(17-23)53(45,46)47)11-12-22-14-16-24(18-28(22)54(48,49)50)34-30(44)20-52-32-36-38-40-42(32)26-9-5-2-6-10-26/h1-18H,19-20H2,(H,33,43)(H,34,44)(H,45,46,47)(H,48,49,50)/b12-11+. The Bertz CT molecular complexity index is 2390. The van der Waals surface area contributed by atoms with Crippen LogP contribution in [0.3, 0.4) is 0 Å². The van der Waals surface area contributed by atoms with Crippen LogP contribution in [0.5, 0.6) is 0 Å². The Morgan fingerprint density at radius 3 is 1.37 bits per heavy atom. The number of hydrogen-bond donors (Lipinski definition) is 4. The minimum Gasteiger partial charge on any atom is -0.325 e. The highest BCUT2D eigenvalue weighted by Gasteiger charge is 2.20. The van der Waals surface area contributed by atoms with Gasteiger partial charge in [-0.25, -0.2) is 0 Å². The average molecular weight is 807 g/mol. The molecule has 6 rings (SSSR count). The highest BCUT2D eigenvalue weighted by Crippen LogP contribution is 2.27. The SMILES string of the molecule is O=C(CSc1nnnn1-c1ccccc1)Nc1ccc(/C=C/c2ccc(NC(=O)CSc3nnnn3-c3ccccc3)cc2S(=O)(=O)O)c(S(=O)(=O)O)c1. The maximum absolute atomic E-state index is 12.7. The van der Waals surface area contributed by atoms with Crippen LogP contribution in [0, 0.1) is 0 Å². The number of carbonyl (C=O) groups is 2. The van der Waals surface area contributed by atoms with Gasteiger partial charge in [0, 0.05) is 11.4 Å². The predicted molar refractivity (Wildman–Crippen MR) is 198 cm³/mol. The first-order chi connectivity index (χ1) is 25.8. The number of tetrazole rings is 2. The van der Waals surface area contributed by atoms with Gasteiger partial charge in [-0.1, -0.05) is 84.2 Å². The van der Waals surface area contributed by atoms with Crippen molar-refractivity contribution in [1.82, 2.24) is 40.4 Å². The van der Waals surface area contributed by atoms with Crippen molar-refractivity contribution in [2.45, 2.75) is 20.1 Å². The molecule has 0 aliphatic carbocycles. The van der Waals surface area contributed by atoms with Gasteiger partial charge in [-0.05, 0) is 80.5 Å². The third-order valence-electron chi connectivity index (χ3n) is 7.14. The van der Waals surface area contributed by atoms with Crippen molar-refractivity contribution in [1.29, 1.82) is 0 Å². The number of nitrogens with zero attached hydrogens (tertiary/aromatic N) is 8. The minimum atomic E-state index is -4.85. The molecule has 0 atom stereocenters. The Morgan fingerprint density at radius 1 is 0.611 bits per heavy atom. The molecule has 0 spiro atoms. The van der Waals surface area contributed by atoms with E-state index in [0.717, 1.165) is 35.7 Å². The molecule has 2 heterocycles. The molecule has 2 amide bonds. The topological polar surface area (TPSA) is 254 Å². The second-order valence-electron chi connectivity index (χ2n) is 10.9. The number of para-hydroxylation sites is 2. The molecule has 0 unspecified atom stereocenters. The van der Waals surface area contributed by atoms with E-state index in [1.165, 1.54) is 45.8 Å². The molecule has 0 saturated heterocycles. The van der Waals surface area contributed by atoms with Crippen molar-refractivity contribution in [3.8, 4) is 11.4 Å². The highest BCUT2D eigenvalue weighted by atomic mass is 32.2. The second kappa shape index (κ2) is 16.5. The number of carbonyl (C=O) groups excluding carboxylic acids is 2. The summed E-state index contributed by atoms with van der Waals surface area (Å²) in [5, 5.41) is 28.8. The molecule has 0 aliphatic heterocycles. The lowest BCUT2D eigenvalue weighted by molar-refractivity contribution is -0.114. The Labute approximate surface area is 315 Å². The van der Waals surface area contributed by atoms with Crippen molar-refractivity contribution >= 4 is 79.1 Å². The van der Waals surface area contributed by atoms with E-state index in [-0.39, 0.29) is 34.0 Å². The number of nitrogens with one attached hydrogen (secondary N) is 2. The van der Waals surface area contributed by atoms with Gasteiger partial charge in [0.1, 0.15) is 9.79 Å². The number of thioether (sulfide) groups is 2. The van der Waals surface area contributed by atoms with E-state index in [9.17, 15) is 35.5 Å². The summed E-state index contributed by atoms with van der Waals surface area (Å²) in [5.74, 6) is -1.33. The van der Waals surface area contributed by atoms with Crippen molar-refractivity contribution in [3.05, 3.63) is 108 Å². The zero-order chi connectivity index (χ0) is 38.3. The Hall–Kier alpha value is -5.78. The Kier molecular flexibility index (Phi) is 11.6. The Balaban J connectivity index is 1.13. The summed E-state index contributed by atoms with van der Waals surface area (Å²) in [7, 11) is -9.70. The molecule has 0 bridgehead atoms. The summed E-state index contributed by atoms with van der Waals surface area (Å²) >= 11 is 2.08. The second-order valence-corrected chi connectivity index (χ2v) is 15.5. The summed E-state index contributed by atoms with van der Waals surface area (Å²) in [6, 6.07) is 25.4. The van der Waals surface area contributed by atoms with Crippen LogP contribution in [-0.2, 0) is 29.8 Å². The van der Waals surface area contributed by atoms with Crippen LogP contribution in [0.15, 0.2) is 117 Å². The summed E-state index contributed by atoms with van der Waals surface area (Å²) < 4.78 is 72.2. The van der Waals surface area contributed by atoms with E-state index in [1.807, 2.05) is 12.1 Å². The van der Waals surface area contributed by atoms with E-state index in [1.54, 1.807) is 48.5 Å². The lowest BCUT2D eigenvalue weighted by atomic mass is 10.1. The Morgan fingerprint density at radius 2 is 1.00 bits per heavy atom. The average Bonchev–Trinajstić information content (AvgIpc) is 3.83. The van der Waals surface area contributed by atoms with Crippen LogP contribution in [0.1, 0.15) is 11.1 Å². The summed E-state index contributed by atoms with van der Waals surface area (Å²) in [6.45, 7) is 0. The van der Waals surface area contributed by atoms with E-state index >= 15 is 0 Å². The summed E-state index contributed by atoms with van der Waals surface area (Å²) in [4.78, 5) is 24.3. The van der Waals surface area contributed by atoms with Crippen molar-refractivity contribution in [2.24, 2.45) is 0 Å². The molecule has 4 N–H and O–H groups in total. The van der Waals surface area contributed by atoms with Crippen molar-refractivity contribution in [3.63, 3.8) is 0 Å². The van der Waals surface area contributed by atoms with Crippen LogP contribution in [0.2, 0.25) is 0 Å². The smallest absolute Gasteiger partial charge is 0.295 e. The van der Waals surface area contributed by atoms with Crippen LogP contribution in [0.25, 0.3) is 23.5 Å². The molecule has 0 aliphatic rings. The van der Waals surface area contributed by atoms with Crippen LogP contribution in [-0.4, -0.2) is 89.7 Å². The fraction of sp³-hybridized carbons (Fsp3) is 0.0625. The van der Waals surface area contributed by atoms with Gasteiger partial charge in [0.05, 0.1) is 22.9 Å². The fourth-order valence-electron chi connectivity index (χ4n) is 4.78. The number of amides is 2. The molecule has 22 heteroatoms. The van der Waals surface area contributed by atoms with E-state index in [2.05, 4.69) is 41.7 Å². The first kappa shape index (κ1) is 38.0.